The van der Waals surface area contributed by atoms with Crippen LogP contribution in [0.3, 0.4) is 0 Å². The first-order valence-corrected chi connectivity index (χ1v) is 9.50. The van der Waals surface area contributed by atoms with Crippen LogP contribution in [0.1, 0.15) is 46.5 Å². The Morgan fingerprint density at radius 2 is 2.14 bits per heavy atom. The third-order valence-electron chi connectivity index (χ3n) is 5.18. The number of aryl methyl sites for hydroxylation is 2. The van der Waals surface area contributed by atoms with Gasteiger partial charge in [-0.2, -0.15) is 10.1 Å². The van der Waals surface area contributed by atoms with Crippen LogP contribution >= 0.6 is 0 Å². The van der Waals surface area contributed by atoms with Crippen molar-refractivity contribution in [2.75, 3.05) is 0 Å². The van der Waals surface area contributed by atoms with Gasteiger partial charge in [0, 0.05) is 42.9 Å². The summed E-state index contributed by atoms with van der Waals surface area (Å²) in [5.74, 6) is 0.187. The van der Waals surface area contributed by atoms with E-state index in [0.717, 1.165) is 41.8 Å². The number of aromatic nitrogens is 4. The molecule has 8 nitrogen and oxygen atoms in total. The molecule has 8 heteroatoms. The van der Waals surface area contributed by atoms with Crippen molar-refractivity contribution in [3.8, 4) is 11.4 Å². The highest BCUT2D eigenvalue weighted by Gasteiger charge is 2.28. The van der Waals surface area contributed by atoms with E-state index in [0.29, 0.717) is 24.7 Å². The smallest absolute Gasteiger partial charge is 0.356 e. The molecule has 0 spiro atoms. The summed E-state index contributed by atoms with van der Waals surface area (Å²) in [5.41, 5.74) is 4.21. The van der Waals surface area contributed by atoms with Crippen LogP contribution in [0.5, 0.6) is 0 Å². The van der Waals surface area contributed by atoms with Crippen LogP contribution in [-0.4, -0.2) is 37.0 Å². The van der Waals surface area contributed by atoms with E-state index < -0.39 is 5.97 Å². The number of carboxylic acids is 1. The Balaban J connectivity index is 1.41. The zero-order chi connectivity index (χ0) is 19.7. The lowest BCUT2D eigenvalue weighted by molar-refractivity contribution is 0.0688. The number of nitrogens with one attached hydrogen (secondary N) is 1. The van der Waals surface area contributed by atoms with Gasteiger partial charge in [-0.05, 0) is 31.7 Å². The summed E-state index contributed by atoms with van der Waals surface area (Å²) < 4.78 is 6.85. The molecule has 0 fully saturated rings. The number of benzene rings is 1. The Morgan fingerprint density at radius 1 is 1.36 bits per heavy atom. The van der Waals surface area contributed by atoms with E-state index in [1.165, 1.54) is 0 Å². The Morgan fingerprint density at radius 3 is 2.79 bits per heavy atom. The zero-order valence-corrected chi connectivity index (χ0v) is 16.0. The van der Waals surface area contributed by atoms with Crippen molar-refractivity contribution < 1.29 is 14.4 Å². The highest BCUT2D eigenvalue weighted by Crippen LogP contribution is 2.25. The van der Waals surface area contributed by atoms with E-state index in [1.54, 1.807) is 6.92 Å². The molecule has 2 heterocycles. The second-order valence-corrected chi connectivity index (χ2v) is 7.05. The molecule has 0 bridgehead atoms. The van der Waals surface area contributed by atoms with Gasteiger partial charge in [-0.25, -0.2) is 4.79 Å². The Labute approximate surface area is 162 Å². The Kier molecular flexibility index (Phi) is 4.95. The molecule has 0 saturated carbocycles. The second-order valence-electron chi connectivity index (χ2n) is 7.05. The first-order chi connectivity index (χ1) is 13.5. The molecule has 0 aliphatic heterocycles. The third kappa shape index (κ3) is 3.55. The number of aromatic carboxylic acids is 1. The lowest BCUT2D eigenvalue weighted by Crippen LogP contribution is -2.34. The highest BCUT2D eigenvalue weighted by atomic mass is 16.5. The minimum atomic E-state index is -0.948. The molecule has 146 valence electrons. The molecular formula is C20H23N5O3. The number of nitrogens with zero attached hydrogens (tertiary/aromatic N) is 4. The van der Waals surface area contributed by atoms with Crippen LogP contribution in [0.4, 0.5) is 0 Å². The summed E-state index contributed by atoms with van der Waals surface area (Å²) in [6.07, 6.45) is 2.51. The van der Waals surface area contributed by atoms with Crippen molar-refractivity contribution in [1.29, 1.82) is 0 Å². The minimum absolute atomic E-state index is 0.197. The second kappa shape index (κ2) is 7.55. The minimum Gasteiger partial charge on any atom is -0.476 e. The van der Waals surface area contributed by atoms with Crippen molar-refractivity contribution in [1.82, 2.24) is 25.2 Å². The van der Waals surface area contributed by atoms with Gasteiger partial charge in [0.25, 0.3) is 0 Å². The fraction of sp³-hybridized carbons (Fsp3) is 0.400. The molecule has 0 amide bonds. The summed E-state index contributed by atoms with van der Waals surface area (Å²) in [6.45, 7) is 5.17. The molecule has 1 aliphatic carbocycles. The van der Waals surface area contributed by atoms with Crippen LogP contribution in [0.2, 0.25) is 0 Å². The molecule has 2 aromatic heterocycles. The van der Waals surface area contributed by atoms with Gasteiger partial charge >= 0.3 is 5.97 Å². The predicted octanol–water partition coefficient (Wildman–Crippen LogP) is 2.61. The van der Waals surface area contributed by atoms with Crippen molar-refractivity contribution in [3.63, 3.8) is 0 Å². The number of hydrogen-bond acceptors (Lipinski definition) is 6. The van der Waals surface area contributed by atoms with E-state index in [2.05, 4.69) is 20.6 Å². The summed E-state index contributed by atoms with van der Waals surface area (Å²) in [7, 11) is 0. The van der Waals surface area contributed by atoms with Crippen molar-refractivity contribution in [2.24, 2.45) is 0 Å². The average molecular weight is 381 g/mol. The monoisotopic (exact) mass is 381 g/mol. The highest BCUT2D eigenvalue weighted by molar-refractivity contribution is 5.87. The van der Waals surface area contributed by atoms with Crippen LogP contribution in [0.25, 0.3) is 11.4 Å². The van der Waals surface area contributed by atoms with E-state index in [-0.39, 0.29) is 11.7 Å². The molecular weight excluding hydrogens is 358 g/mol. The molecule has 4 rings (SSSR count). The standard InChI is InChI=1S/C20H23N5O3/c1-3-25-17-9-8-15(10-16(17)18(23-25)20(26)27)21-11-13-4-6-14(7-5-13)19-22-12(2)28-24-19/h4-7,15,21H,3,8-11H2,1-2H3,(H,26,27). The van der Waals surface area contributed by atoms with Gasteiger partial charge in [0.05, 0.1) is 0 Å². The first kappa shape index (κ1) is 18.4. The maximum atomic E-state index is 11.5. The van der Waals surface area contributed by atoms with Crippen LogP contribution in [0.15, 0.2) is 28.8 Å². The third-order valence-corrected chi connectivity index (χ3v) is 5.18. The topological polar surface area (TPSA) is 106 Å². The number of fused-ring (bicyclic) bond motifs is 1. The van der Waals surface area contributed by atoms with Gasteiger partial charge in [-0.15, -0.1) is 0 Å². The van der Waals surface area contributed by atoms with Gasteiger partial charge in [0.2, 0.25) is 11.7 Å². The lowest BCUT2D eigenvalue weighted by atomic mass is 9.91. The molecule has 0 radical (unpaired) electrons. The molecule has 3 aromatic rings. The average Bonchev–Trinajstić information content (AvgIpc) is 3.30. The van der Waals surface area contributed by atoms with Crippen LogP contribution in [0, 0.1) is 6.92 Å². The van der Waals surface area contributed by atoms with E-state index >= 15 is 0 Å². The summed E-state index contributed by atoms with van der Waals surface area (Å²) in [5, 5.41) is 21.2. The maximum absolute atomic E-state index is 11.5. The van der Waals surface area contributed by atoms with Gasteiger partial charge in [-0.3, -0.25) is 4.68 Å². The number of carbonyl (C=O) groups is 1. The summed E-state index contributed by atoms with van der Waals surface area (Å²) in [6, 6.07) is 8.28. The first-order valence-electron chi connectivity index (χ1n) is 9.50. The van der Waals surface area contributed by atoms with E-state index in [1.807, 2.05) is 35.9 Å². The fourth-order valence-electron chi connectivity index (χ4n) is 3.75. The molecule has 2 N–H and O–H groups in total. The largest absolute Gasteiger partial charge is 0.476 e. The van der Waals surface area contributed by atoms with Crippen LogP contribution in [-0.2, 0) is 25.9 Å². The molecule has 0 saturated heterocycles. The summed E-state index contributed by atoms with van der Waals surface area (Å²) in [4.78, 5) is 15.8. The van der Waals surface area contributed by atoms with Gasteiger partial charge in [0.15, 0.2) is 5.69 Å². The molecule has 28 heavy (non-hydrogen) atoms. The van der Waals surface area contributed by atoms with Crippen molar-refractivity contribution >= 4 is 5.97 Å². The van der Waals surface area contributed by atoms with Crippen LogP contribution < -0.4 is 5.32 Å². The van der Waals surface area contributed by atoms with Gasteiger partial charge in [-0.1, -0.05) is 29.4 Å². The predicted molar refractivity (Wildman–Crippen MR) is 102 cm³/mol. The molecule has 1 unspecified atom stereocenters. The quantitative estimate of drug-likeness (QED) is 0.676. The van der Waals surface area contributed by atoms with Crippen molar-refractivity contribution in [2.45, 2.75) is 52.2 Å². The normalized spacial score (nSPS) is 16.1. The number of carboxylic acid groups (broad SMARTS) is 1. The Hall–Kier alpha value is -3.00. The molecule has 1 atom stereocenters. The fourth-order valence-corrected chi connectivity index (χ4v) is 3.75. The lowest BCUT2D eigenvalue weighted by Gasteiger charge is -2.24. The van der Waals surface area contributed by atoms with E-state index in [9.17, 15) is 9.90 Å². The number of rotatable bonds is 6. The van der Waals surface area contributed by atoms with Gasteiger partial charge in [0.1, 0.15) is 0 Å². The van der Waals surface area contributed by atoms with Gasteiger partial charge < -0.3 is 14.9 Å². The summed E-state index contributed by atoms with van der Waals surface area (Å²) >= 11 is 0. The van der Waals surface area contributed by atoms with Crippen molar-refractivity contribution in [3.05, 3.63) is 52.7 Å². The SMILES string of the molecule is CCn1nc(C(=O)O)c2c1CCC(NCc1ccc(-c3noc(C)n3)cc1)C2. The number of hydrogen-bond donors (Lipinski definition) is 2. The van der Waals surface area contributed by atoms with E-state index in [4.69, 9.17) is 4.52 Å². The molecule has 1 aromatic carbocycles. The molecule has 1 aliphatic rings. The maximum Gasteiger partial charge on any atom is 0.356 e. The Bertz CT molecular complexity index is 990. The zero-order valence-electron chi connectivity index (χ0n) is 16.0.